The summed E-state index contributed by atoms with van der Waals surface area (Å²) in [4.78, 5) is 16.8. The zero-order chi connectivity index (χ0) is 20.7. The molecule has 1 aliphatic heterocycles. The van der Waals surface area contributed by atoms with Gasteiger partial charge in [0.05, 0.1) is 18.7 Å². The van der Waals surface area contributed by atoms with Gasteiger partial charge in [-0.1, -0.05) is 35.3 Å². The van der Waals surface area contributed by atoms with Gasteiger partial charge in [0.2, 0.25) is 5.60 Å². The van der Waals surface area contributed by atoms with Crippen LogP contribution < -0.4 is 0 Å². The Kier molecular flexibility index (Phi) is 5.99. The maximum atomic E-state index is 14.1. The van der Waals surface area contributed by atoms with E-state index in [1.165, 1.54) is 37.4 Å². The standard InChI is InChI=1S/C18H13BrCl2F3NO3/c1-27-16(26)11-4-2-10(3-5-11)15-9-17(18(22,23)24,28-25(15)19)12-6-13(20)8-14(21)7-12/h2-8,15H,9H2,1H3. The Morgan fingerprint density at radius 2 is 1.79 bits per heavy atom. The summed E-state index contributed by atoms with van der Waals surface area (Å²) in [7, 11) is 1.25. The highest BCUT2D eigenvalue weighted by Gasteiger charge is 2.64. The average Bonchev–Trinajstić information content (AvgIpc) is 2.99. The fourth-order valence-corrected chi connectivity index (χ4v) is 4.23. The van der Waals surface area contributed by atoms with Gasteiger partial charge < -0.3 is 4.74 Å². The first kappa shape index (κ1) is 21.4. The lowest BCUT2D eigenvalue weighted by molar-refractivity contribution is -0.304. The van der Waals surface area contributed by atoms with Crippen LogP contribution in [0.4, 0.5) is 13.2 Å². The van der Waals surface area contributed by atoms with Crippen LogP contribution in [-0.2, 0) is 15.2 Å². The summed E-state index contributed by atoms with van der Waals surface area (Å²) in [5.41, 5.74) is -2.04. The number of carbonyl (C=O) groups excluding carboxylic acids is 1. The van der Waals surface area contributed by atoms with E-state index in [9.17, 15) is 18.0 Å². The Morgan fingerprint density at radius 1 is 1.21 bits per heavy atom. The van der Waals surface area contributed by atoms with Crippen molar-refractivity contribution in [2.45, 2.75) is 24.2 Å². The van der Waals surface area contributed by atoms with E-state index in [-0.39, 0.29) is 21.2 Å². The van der Waals surface area contributed by atoms with Crippen LogP contribution >= 0.6 is 39.3 Å². The highest BCUT2D eigenvalue weighted by molar-refractivity contribution is 9.07. The van der Waals surface area contributed by atoms with E-state index in [1.54, 1.807) is 12.1 Å². The van der Waals surface area contributed by atoms with E-state index in [0.29, 0.717) is 5.56 Å². The molecule has 1 fully saturated rings. The van der Waals surface area contributed by atoms with E-state index in [1.807, 2.05) is 0 Å². The number of benzene rings is 2. The molecular formula is C18H13BrCl2F3NO3. The van der Waals surface area contributed by atoms with Crippen molar-refractivity contribution in [3.63, 3.8) is 0 Å². The van der Waals surface area contributed by atoms with Gasteiger partial charge in [-0.15, -0.1) is 4.09 Å². The number of rotatable bonds is 3. The number of hydrogen-bond donors (Lipinski definition) is 0. The molecule has 2 atom stereocenters. The first-order valence-electron chi connectivity index (χ1n) is 7.93. The minimum Gasteiger partial charge on any atom is -0.465 e. The molecule has 28 heavy (non-hydrogen) atoms. The third kappa shape index (κ3) is 3.89. The first-order valence-corrected chi connectivity index (χ1v) is 9.39. The van der Waals surface area contributed by atoms with Crippen LogP contribution in [0, 0.1) is 0 Å². The molecule has 0 spiro atoms. The fourth-order valence-electron chi connectivity index (χ4n) is 3.08. The highest BCUT2D eigenvalue weighted by atomic mass is 79.9. The summed E-state index contributed by atoms with van der Waals surface area (Å²) in [6, 6.07) is 8.98. The summed E-state index contributed by atoms with van der Waals surface area (Å²) in [6.07, 6.45) is -5.19. The minimum atomic E-state index is -4.74. The topological polar surface area (TPSA) is 38.8 Å². The maximum Gasteiger partial charge on any atom is 0.423 e. The molecule has 0 saturated carbocycles. The fraction of sp³-hybridized carbons (Fsp3) is 0.278. The van der Waals surface area contributed by atoms with Crippen molar-refractivity contribution < 1.29 is 27.5 Å². The average molecular weight is 499 g/mol. The van der Waals surface area contributed by atoms with E-state index < -0.39 is 30.2 Å². The summed E-state index contributed by atoms with van der Waals surface area (Å²) in [6.45, 7) is 0. The predicted octanol–water partition coefficient (Wildman–Crippen LogP) is 6.23. The van der Waals surface area contributed by atoms with Gasteiger partial charge in [0, 0.05) is 32.6 Å². The van der Waals surface area contributed by atoms with Gasteiger partial charge in [0.1, 0.15) is 0 Å². The smallest absolute Gasteiger partial charge is 0.423 e. The second-order valence-corrected chi connectivity index (χ2v) is 7.75. The second kappa shape index (κ2) is 7.84. The van der Waals surface area contributed by atoms with Crippen LogP contribution in [0.5, 0.6) is 0 Å². The lowest BCUT2D eigenvalue weighted by atomic mass is 9.85. The van der Waals surface area contributed by atoms with Crippen LogP contribution in [0.3, 0.4) is 0 Å². The third-order valence-electron chi connectivity index (χ3n) is 4.47. The molecule has 0 N–H and O–H groups in total. The van der Waals surface area contributed by atoms with Crippen molar-refractivity contribution in [2.24, 2.45) is 0 Å². The second-order valence-electron chi connectivity index (χ2n) is 6.18. The van der Waals surface area contributed by atoms with Gasteiger partial charge in [-0.25, -0.2) is 4.79 Å². The summed E-state index contributed by atoms with van der Waals surface area (Å²) >= 11 is 14.9. The molecule has 4 nitrogen and oxygen atoms in total. The summed E-state index contributed by atoms with van der Waals surface area (Å²) in [5.74, 6) is -0.539. The van der Waals surface area contributed by atoms with Gasteiger partial charge in [-0.3, -0.25) is 4.84 Å². The van der Waals surface area contributed by atoms with Gasteiger partial charge in [-0.2, -0.15) is 13.2 Å². The molecular weight excluding hydrogens is 486 g/mol. The van der Waals surface area contributed by atoms with E-state index >= 15 is 0 Å². The van der Waals surface area contributed by atoms with Crippen molar-refractivity contribution in [3.05, 3.63) is 69.2 Å². The lowest BCUT2D eigenvalue weighted by Gasteiger charge is -2.30. The largest absolute Gasteiger partial charge is 0.465 e. The molecule has 1 aliphatic rings. The molecule has 150 valence electrons. The minimum absolute atomic E-state index is 0.0710. The Labute approximate surface area is 177 Å². The Balaban J connectivity index is 2.01. The van der Waals surface area contributed by atoms with Crippen LogP contribution in [0.25, 0.3) is 0 Å². The molecule has 0 bridgehead atoms. The number of alkyl halides is 3. The van der Waals surface area contributed by atoms with Crippen molar-refractivity contribution in [2.75, 3.05) is 7.11 Å². The normalized spacial score (nSPS) is 23.0. The molecule has 3 rings (SSSR count). The van der Waals surface area contributed by atoms with Gasteiger partial charge in [0.25, 0.3) is 0 Å². The predicted molar refractivity (Wildman–Crippen MR) is 101 cm³/mol. The molecule has 2 aromatic carbocycles. The highest BCUT2D eigenvalue weighted by Crippen LogP contribution is 2.56. The number of hydrogen-bond acceptors (Lipinski definition) is 4. The zero-order valence-corrected chi connectivity index (χ0v) is 17.4. The Morgan fingerprint density at radius 3 is 2.29 bits per heavy atom. The lowest BCUT2D eigenvalue weighted by Crippen LogP contribution is -2.42. The monoisotopic (exact) mass is 497 g/mol. The number of nitrogens with zero attached hydrogens (tertiary/aromatic N) is 1. The molecule has 0 amide bonds. The van der Waals surface area contributed by atoms with Crippen molar-refractivity contribution in [1.82, 2.24) is 4.09 Å². The molecule has 2 aromatic rings. The summed E-state index contributed by atoms with van der Waals surface area (Å²) < 4.78 is 48.0. The SMILES string of the molecule is COC(=O)c1ccc(C2CC(c3cc(Cl)cc(Cl)c3)(C(F)(F)F)ON2Br)cc1. The molecule has 0 radical (unpaired) electrons. The summed E-state index contributed by atoms with van der Waals surface area (Å²) in [5, 5.41) is 0.142. The van der Waals surface area contributed by atoms with Crippen LogP contribution in [0.15, 0.2) is 42.5 Å². The third-order valence-corrected chi connectivity index (χ3v) is 5.55. The number of methoxy groups -OCH3 is 1. The van der Waals surface area contributed by atoms with E-state index in [2.05, 4.69) is 20.9 Å². The molecule has 1 saturated heterocycles. The molecule has 0 aliphatic carbocycles. The van der Waals surface area contributed by atoms with Gasteiger partial charge >= 0.3 is 12.1 Å². The van der Waals surface area contributed by atoms with Crippen LogP contribution in [0.2, 0.25) is 10.0 Å². The number of esters is 1. The molecule has 2 unspecified atom stereocenters. The van der Waals surface area contributed by atoms with E-state index in [4.69, 9.17) is 28.0 Å². The molecule has 10 heteroatoms. The first-order chi connectivity index (χ1) is 13.1. The quantitative estimate of drug-likeness (QED) is 0.371. The molecule has 0 aromatic heterocycles. The Hall–Kier alpha value is -1.32. The number of hydroxylamine groups is 1. The Bertz CT molecular complexity index is 874. The van der Waals surface area contributed by atoms with Crippen molar-refractivity contribution in [3.8, 4) is 0 Å². The van der Waals surface area contributed by atoms with Gasteiger partial charge in [0.15, 0.2) is 0 Å². The molecule has 1 heterocycles. The number of carbonyl (C=O) groups is 1. The zero-order valence-electron chi connectivity index (χ0n) is 14.3. The van der Waals surface area contributed by atoms with Gasteiger partial charge in [-0.05, 0) is 41.5 Å². The van der Waals surface area contributed by atoms with Crippen LogP contribution in [0.1, 0.15) is 33.9 Å². The number of ether oxygens (including phenoxy) is 1. The van der Waals surface area contributed by atoms with E-state index in [0.717, 1.165) is 4.09 Å². The maximum absolute atomic E-state index is 14.1. The van der Waals surface area contributed by atoms with Crippen LogP contribution in [-0.4, -0.2) is 23.3 Å². The van der Waals surface area contributed by atoms with Crippen molar-refractivity contribution >= 4 is 45.3 Å². The van der Waals surface area contributed by atoms with Crippen molar-refractivity contribution in [1.29, 1.82) is 0 Å². The number of halogens is 6.